The van der Waals surface area contributed by atoms with Crippen molar-refractivity contribution in [3.8, 4) is 0 Å². The van der Waals surface area contributed by atoms with Crippen LogP contribution in [0.2, 0.25) is 0 Å². The fourth-order valence-electron chi connectivity index (χ4n) is 3.02. The van der Waals surface area contributed by atoms with Crippen molar-refractivity contribution in [1.82, 2.24) is 10.3 Å². The van der Waals surface area contributed by atoms with E-state index in [2.05, 4.69) is 59.7 Å². The van der Waals surface area contributed by atoms with E-state index in [-0.39, 0.29) is 0 Å². The molecule has 0 aliphatic carbocycles. The molecule has 0 fully saturated rings. The van der Waals surface area contributed by atoms with E-state index < -0.39 is 0 Å². The summed E-state index contributed by atoms with van der Waals surface area (Å²) in [4.78, 5) is 4.46. The van der Waals surface area contributed by atoms with Gasteiger partial charge in [-0.15, -0.1) is 0 Å². The van der Waals surface area contributed by atoms with Gasteiger partial charge in [0.15, 0.2) is 0 Å². The summed E-state index contributed by atoms with van der Waals surface area (Å²) in [6.07, 6.45) is 2.04. The van der Waals surface area contributed by atoms with E-state index in [9.17, 15) is 0 Å². The summed E-state index contributed by atoms with van der Waals surface area (Å²) in [5.74, 6) is 0.590. The molecule has 3 nitrogen and oxygen atoms in total. The number of aryl methyl sites for hydroxylation is 3. The summed E-state index contributed by atoms with van der Waals surface area (Å²) in [6, 6.07) is 17.2. The molecule has 0 radical (unpaired) electrons. The molecular formula is C20H23N3. The van der Waals surface area contributed by atoms with Crippen molar-refractivity contribution in [3.05, 3.63) is 70.8 Å². The van der Waals surface area contributed by atoms with Crippen molar-refractivity contribution in [3.63, 3.8) is 0 Å². The zero-order valence-corrected chi connectivity index (χ0v) is 13.8. The second-order valence-corrected chi connectivity index (χ2v) is 6.07. The van der Waals surface area contributed by atoms with Gasteiger partial charge in [-0.3, -0.25) is 0 Å². The predicted octanol–water partition coefficient (Wildman–Crippen LogP) is 3.63. The van der Waals surface area contributed by atoms with Gasteiger partial charge in [-0.1, -0.05) is 36.4 Å². The molecule has 0 unspecified atom stereocenters. The zero-order chi connectivity index (χ0) is 16.2. The lowest BCUT2D eigenvalue weighted by atomic mass is 10.0. The van der Waals surface area contributed by atoms with Crippen LogP contribution in [0.25, 0.3) is 10.9 Å². The number of nitrogens with two attached hydrogens (primary N) is 1. The molecule has 0 saturated heterocycles. The van der Waals surface area contributed by atoms with Gasteiger partial charge in [0.1, 0.15) is 5.82 Å². The number of aromatic nitrogens is 1. The second kappa shape index (κ2) is 6.80. The van der Waals surface area contributed by atoms with Crippen LogP contribution in [0.1, 0.15) is 22.3 Å². The average Bonchev–Trinajstić information content (AvgIpc) is 2.53. The smallest absolute Gasteiger partial charge is 0.124 e. The van der Waals surface area contributed by atoms with Crippen LogP contribution in [0, 0.1) is 6.92 Å². The lowest BCUT2D eigenvalue weighted by molar-refractivity contribution is 0.814. The number of nitrogen functional groups attached to an aromatic ring is 1. The van der Waals surface area contributed by atoms with Gasteiger partial charge < -0.3 is 11.1 Å². The van der Waals surface area contributed by atoms with Gasteiger partial charge in [-0.05, 0) is 61.2 Å². The molecule has 3 heteroatoms. The third-order valence-corrected chi connectivity index (χ3v) is 4.18. The number of nitrogens with one attached hydrogen (secondary N) is 1. The van der Waals surface area contributed by atoms with Crippen molar-refractivity contribution in [2.24, 2.45) is 0 Å². The third kappa shape index (κ3) is 3.69. The van der Waals surface area contributed by atoms with E-state index in [4.69, 9.17) is 5.73 Å². The van der Waals surface area contributed by atoms with Gasteiger partial charge >= 0.3 is 0 Å². The van der Waals surface area contributed by atoms with Gasteiger partial charge in [0, 0.05) is 11.9 Å². The fraction of sp³-hybridized carbons (Fsp3) is 0.250. The predicted molar refractivity (Wildman–Crippen MR) is 97.5 cm³/mol. The Morgan fingerprint density at radius 1 is 0.957 bits per heavy atom. The Morgan fingerprint density at radius 2 is 1.70 bits per heavy atom. The summed E-state index contributed by atoms with van der Waals surface area (Å²) in [5.41, 5.74) is 12.0. The molecule has 0 atom stereocenters. The van der Waals surface area contributed by atoms with E-state index in [0.717, 1.165) is 24.9 Å². The molecule has 0 aliphatic heterocycles. The number of hydrogen-bond acceptors (Lipinski definition) is 3. The maximum atomic E-state index is 5.87. The first-order chi connectivity index (χ1) is 11.2. The number of fused-ring (bicyclic) bond motifs is 1. The first kappa shape index (κ1) is 15.5. The number of benzene rings is 2. The fourth-order valence-corrected chi connectivity index (χ4v) is 3.02. The molecule has 0 bridgehead atoms. The maximum absolute atomic E-state index is 5.87. The number of nitrogens with zero attached hydrogens (tertiary/aromatic N) is 1. The second-order valence-electron chi connectivity index (χ2n) is 6.07. The van der Waals surface area contributed by atoms with Gasteiger partial charge in [0.2, 0.25) is 0 Å². The van der Waals surface area contributed by atoms with Gasteiger partial charge in [0.05, 0.1) is 5.52 Å². The molecule has 1 heterocycles. The van der Waals surface area contributed by atoms with E-state index in [0.29, 0.717) is 5.82 Å². The molecule has 0 saturated carbocycles. The summed E-state index contributed by atoms with van der Waals surface area (Å²) in [7, 11) is 1.97. The van der Waals surface area contributed by atoms with Gasteiger partial charge in [0.25, 0.3) is 0 Å². The van der Waals surface area contributed by atoms with Crippen LogP contribution >= 0.6 is 0 Å². The first-order valence-corrected chi connectivity index (χ1v) is 8.04. The Bertz CT molecular complexity index is 824. The van der Waals surface area contributed by atoms with Crippen LogP contribution < -0.4 is 11.1 Å². The molecule has 23 heavy (non-hydrogen) atoms. The minimum Gasteiger partial charge on any atom is -0.384 e. The minimum absolute atomic E-state index is 0.590. The molecule has 0 spiro atoms. The summed E-state index contributed by atoms with van der Waals surface area (Å²) in [5, 5.41) is 4.38. The Morgan fingerprint density at radius 3 is 2.48 bits per heavy atom. The molecule has 0 aliphatic rings. The van der Waals surface area contributed by atoms with Crippen molar-refractivity contribution >= 4 is 16.7 Å². The lowest BCUT2D eigenvalue weighted by Gasteiger charge is -2.08. The first-order valence-electron chi connectivity index (χ1n) is 8.04. The highest BCUT2D eigenvalue weighted by Gasteiger charge is 2.03. The molecule has 3 N–H and O–H groups in total. The quantitative estimate of drug-likeness (QED) is 0.757. The van der Waals surface area contributed by atoms with Crippen molar-refractivity contribution in [1.29, 1.82) is 0 Å². The van der Waals surface area contributed by atoms with Crippen molar-refractivity contribution in [2.75, 3.05) is 12.8 Å². The van der Waals surface area contributed by atoms with Crippen LogP contribution in [-0.2, 0) is 19.4 Å². The molecule has 3 aromatic rings. The maximum Gasteiger partial charge on any atom is 0.124 e. The Hall–Kier alpha value is -2.39. The van der Waals surface area contributed by atoms with Crippen LogP contribution in [0.5, 0.6) is 0 Å². The molecule has 2 aromatic carbocycles. The highest BCUT2D eigenvalue weighted by Crippen LogP contribution is 2.21. The molecule has 0 amide bonds. The number of hydrogen-bond donors (Lipinski definition) is 2. The number of pyridine rings is 1. The molecule has 1 aromatic heterocycles. The van der Waals surface area contributed by atoms with E-state index in [1.54, 1.807) is 0 Å². The average molecular weight is 305 g/mol. The summed E-state index contributed by atoms with van der Waals surface area (Å²) in [6.45, 7) is 2.99. The Balaban J connectivity index is 1.78. The Kier molecular flexibility index (Phi) is 4.58. The lowest BCUT2D eigenvalue weighted by Crippen LogP contribution is -2.05. The SMILES string of the molecule is CNCc1cccc(CCc2ccc3c(C)cc(N)nc3c2)c1. The molecular weight excluding hydrogens is 282 g/mol. The van der Waals surface area contributed by atoms with E-state index in [1.807, 2.05) is 13.1 Å². The van der Waals surface area contributed by atoms with Crippen molar-refractivity contribution < 1.29 is 0 Å². The number of anilines is 1. The normalized spacial score (nSPS) is 11.0. The van der Waals surface area contributed by atoms with Gasteiger partial charge in [-0.25, -0.2) is 4.98 Å². The standard InChI is InChI=1S/C20H23N3/c1-14-10-20(21)23-19-12-16(8-9-18(14)19)7-6-15-4-3-5-17(11-15)13-22-2/h3-5,8-12,22H,6-7,13H2,1-2H3,(H2,21,23). The molecule has 3 rings (SSSR count). The van der Waals surface area contributed by atoms with Crippen LogP contribution in [0.3, 0.4) is 0 Å². The van der Waals surface area contributed by atoms with E-state index >= 15 is 0 Å². The minimum atomic E-state index is 0.590. The summed E-state index contributed by atoms with van der Waals surface area (Å²) < 4.78 is 0. The largest absolute Gasteiger partial charge is 0.384 e. The highest BCUT2D eigenvalue weighted by molar-refractivity contribution is 5.84. The van der Waals surface area contributed by atoms with Crippen LogP contribution in [0.15, 0.2) is 48.5 Å². The highest BCUT2D eigenvalue weighted by atomic mass is 14.8. The number of rotatable bonds is 5. The zero-order valence-electron chi connectivity index (χ0n) is 13.8. The van der Waals surface area contributed by atoms with Crippen LogP contribution in [-0.4, -0.2) is 12.0 Å². The third-order valence-electron chi connectivity index (χ3n) is 4.18. The van der Waals surface area contributed by atoms with E-state index in [1.165, 1.54) is 27.6 Å². The summed E-state index contributed by atoms with van der Waals surface area (Å²) >= 11 is 0. The Labute approximate surface area is 137 Å². The van der Waals surface area contributed by atoms with Crippen molar-refractivity contribution in [2.45, 2.75) is 26.3 Å². The topological polar surface area (TPSA) is 50.9 Å². The van der Waals surface area contributed by atoms with Crippen LogP contribution in [0.4, 0.5) is 5.82 Å². The van der Waals surface area contributed by atoms with Gasteiger partial charge in [-0.2, -0.15) is 0 Å². The monoisotopic (exact) mass is 305 g/mol. The molecule has 118 valence electrons.